The van der Waals surface area contributed by atoms with Gasteiger partial charge in [-0.1, -0.05) is 56.7 Å². The summed E-state index contributed by atoms with van der Waals surface area (Å²) in [6.45, 7) is 4.88. The fourth-order valence-electron chi connectivity index (χ4n) is 7.38. The number of ketones is 3. The second-order valence-electron chi connectivity index (χ2n) is 15.2. The number of fused-ring (bicyclic) bond motifs is 5. The molecule has 7 N–H and O–H groups in total. The maximum Gasteiger partial charge on any atom is 0.226 e. The predicted molar refractivity (Wildman–Crippen MR) is 227 cm³/mol. The average Bonchev–Trinajstić information content (AvgIpc) is 3.24. The number of nitriles is 1. The van der Waals surface area contributed by atoms with Gasteiger partial charge in [-0.15, -0.1) is 0 Å². The molecule has 0 unspecified atom stereocenters. The van der Waals surface area contributed by atoms with Crippen LogP contribution in [0.25, 0.3) is 11.1 Å². The fraction of sp³-hybridized carbons (Fsp3) is 0.478. The molecule has 0 aliphatic carbocycles. The lowest BCUT2D eigenvalue weighted by Crippen LogP contribution is -2.45. The lowest BCUT2D eigenvalue weighted by Gasteiger charge is -2.32. The number of aryl methyl sites for hydroxylation is 1. The summed E-state index contributed by atoms with van der Waals surface area (Å²) in [5.41, 5.74) is 21.5. The molecule has 0 spiro atoms. The monoisotopic (exact) mass is 808 g/mol. The van der Waals surface area contributed by atoms with E-state index in [0.29, 0.717) is 58.7 Å². The SMILES string of the molecule is CCCCc1ccc(C(=O)C[C@@H](CCCN)C(=O)N(C)[C@@H]2C(=O)C[C@@H](C)C(=O)N[C@H](C(=O)CCC#N)Cc3ccc(OCCN)c(c3)-c3cc2ccc3OCCN)cc1. The molecule has 1 aliphatic heterocycles. The molecule has 13 nitrogen and oxygen atoms in total. The normalized spacial score (nSPS) is 17.2. The summed E-state index contributed by atoms with van der Waals surface area (Å²) in [6, 6.07) is 17.9. The summed E-state index contributed by atoms with van der Waals surface area (Å²) < 4.78 is 12.2. The average molecular weight is 809 g/mol. The van der Waals surface area contributed by atoms with Crippen LogP contribution < -0.4 is 32.0 Å². The number of carbonyl (C=O) groups excluding carboxylic acids is 5. The minimum Gasteiger partial charge on any atom is -0.492 e. The van der Waals surface area contributed by atoms with Crippen LogP contribution in [-0.4, -0.2) is 80.0 Å². The zero-order chi connectivity index (χ0) is 42.9. The Kier molecular flexibility index (Phi) is 18.2. The number of unbranched alkanes of at least 4 members (excludes halogenated alkanes) is 1. The number of Topliss-reactive ketones (excluding diaryl/α,β-unsaturated/α-hetero) is 3. The van der Waals surface area contributed by atoms with Crippen LogP contribution in [0.4, 0.5) is 0 Å². The third kappa shape index (κ3) is 12.8. The van der Waals surface area contributed by atoms with Crippen molar-refractivity contribution in [3.8, 4) is 28.7 Å². The number of benzene rings is 3. The Labute approximate surface area is 348 Å². The molecule has 0 fully saturated rings. The number of nitrogens with one attached hydrogen (secondary N) is 1. The van der Waals surface area contributed by atoms with Gasteiger partial charge in [-0.25, -0.2) is 0 Å². The molecule has 2 amide bonds. The Hall–Kier alpha value is -5.42. The van der Waals surface area contributed by atoms with Gasteiger partial charge in [0, 0.05) is 74.3 Å². The second kappa shape index (κ2) is 23.2. The van der Waals surface area contributed by atoms with Crippen LogP contribution in [0, 0.1) is 23.2 Å². The lowest BCUT2D eigenvalue weighted by atomic mass is 9.88. The molecule has 0 aromatic heterocycles. The fourth-order valence-corrected chi connectivity index (χ4v) is 7.38. The molecule has 59 heavy (non-hydrogen) atoms. The van der Waals surface area contributed by atoms with Crippen molar-refractivity contribution in [2.24, 2.45) is 29.0 Å². The molecule has 316 valence electrons. The standard InChI is InChI=1S/C46H60N6O7/c1-4-5-8-31-11-14-33(15-12-31)40(54)29-35(9-6-19-47)46(57)52(3)44-34-16-18-43(59-24-22-50)37(28-34)36-26-32(13-17-42(36)58-23-21-49)27-38(39(53)10-7-20-48)51-45(56)30(2)25-41(44)55/h11-18,26,28,30,35,38,44H,4-10,19,21-25,27,29,47,49-50H2,1-3H3,(H,51,56)/t30-,35-,38+,44+/m1/s1. The highest BCUT2D eigenvalue weighted by molar-refractivity contribution is 6.00. The van der Waals surface area contributed by atoms with Gasteiger partial charge in [0.1, 0.15) is 30.8 Å². The highest BCUT2D eigenvalue weighted by atomic mass is 16.5. The Morgan fingerprint density at radius 3 is 2.19 bits per heavy atom. The molecule has 13 heteroatoms. The maximum absolute atomic E-state index is 14.6. The Morgan fingerprint density at radius 1 is 0.898 bits per heavy atom. The first kappa shape index (κ1) is 46.3. The second-order valence-corrected chi connectivity index (χ2v) is 15.2. The molecular formula is C46H60N6O7. The topological polar surface area (TPSA) is 221 Å². The molecule has 1 aliphatic rings. The van der Waals surface area contributed by atoms with Crippen molar-refractivity contribution in [2.45, 2.75) is 90.1 Å². The summed E-state index contributed by atoms with van der Waals surface area (Å²) in [5.74, 6) is -2.62. The Balaban J connectivity index is 1.84. The Bertz CT molecular complexity index is 1960. The number of hydrogen-bond acceptors (Lipinski definition) is 11. The molecule has 4 atom stereocenters. The summed E-state index contributed by atoms with van der Waals surface area (Å²) in [7, 11) is 1.54. The smallest absolute Gasteiger partial charge is 0.226 e. The minimum atomic E-state index is -1.18. The van der Waals surface area contributed by atoms with Crippen LogP contribution in [0.15, 0.2) is 60.7 Å². The molecule has 4 rings (SSSR count). The van der Waals surface area contributed by atoms with Gasteiger partial charge in [-0.05, 0) is 79.6 Å². The summed E-state index contributed by atoms with van der Waals surface area (Å²) in [6.07, 6.45) is 3.52. The van der Waals surface area contributed by atoms with Crippen molar-refractivity contribution in [1.82, 2.24) is 10.2 Å². The van der Waals surface area contributed by atoms with Crippen molar-refractivity contribution in [3.63, 3.8) is 0 Å². The van der Waals surface area contributed by atoms with Gasteiger partial charge in [-0.2, -0.15) is 5.26 Å². The zero-order valence-electron chi connectivity index (χ0n) is 34.7. The van der Waals surface area contributed by atoms with E-state index in [1.165, 1.54) is 4.90 Å². The van der Waals surface area contributed by atoms with Crippen LogP contribution in [-0.2, 0) is 32.0 Å². The van der Waals surface area contributed by atoms with Gasteiger partial charge in [0.2, 0.25) is 11.8 Å². The summed E-state index contributed by atoms with van der Waals surface area (Å²) >= 11 is 0. The van der Waals surface area contributed by atoms with Gasteiger partial charge >= 0.3 is 0 Å². The quantitative estimate of drug-likeness (QED) is 0.111. The predicted octanol–water partition coefficient (Wildman–Crippen LogP) is 5.01. The van der Waals surface area contributed by atoms with Gasteiger partial charge in [0.25, 0.3) is 0 Å². The highest BCUT2D eigenvalue weighted by Gasteiger charge is 2.36. The largest absolute Gasteiger partial charge is 0.492 e. The van der Waals surface area contributed by atoms with E-state index < -0.39 is 41.5 Å². The number of ether oxygens (including phenoxy) is 2. The summed E-state index contributed by atoms with van der Waals surface area (Å²) in [5, 5.41) is 12.1. The van der Waals surface area contributed by atoms with E-state index in [4.69, 9.17) is 26.7 Å². The minimum absolute atomic E-state index is 0.0176. The Morgan fingerprint density at radius 2 is 1.56 bits per heavy atom. The van der Waals surface area contributed by atoms with Crippen LogP contribution in [0.2, 0.25) is 0 Å². The molecule has 3 aromatic carbocycles. The summed E-state index contributed by atoms with van der Waals surface area (Å²) in [4.78, 5) is 71.5. The van der Waals surface area contributed by atoms with E-state index in [0.717, 1.165) is 24.8 Å². The number of likely N-dealkylation sites (N-methyl/N-ethyl adjacent to an activating group) is 1. The zero-order valence-corrected chi connectivity index (χ0v) is 34.7. The molecular weight excluding hydrogens is 749 g/mol. The molecule has 3 aromatic rings. The van der Waals surface area contributed by atoms with E-state index in [2.05, 4.69) is 12.2 Å². The van der Waals surface area contributed by atoms with Gasteiger partial charge in [0.05, 0.1) is 12.1 Å². The van der Waals surface area contributed by atoms with Gasteiger partial charge in [-0.3, -0.25) is 24.0 Å². The first-order valence-corrected chi connectivity index (χ1v) is 20.7. The highest BCUT2D eigenvalue weighted by Crippen LogP contribution is 2.41. The molecule has 1 heterocycles. The van der Waals surface area contributed by atoms with Gasteiger partial charge < -0.3 is 36.9 Å². The van der Waals surface area contributed by atoms with E-state index in [-0.39, 0.29) is 70.0 Å². The third-order valence-corrected chi connectivity index (χ3v) is 10.7. The molecule has 4 bridgehead atoms. The van der Waals surface area contributed by atoms with E-state index >= 15 is 0 Å². The van der Waals surface area contributed by atoms with Crippen molar-refractivity contribution in [1.29, 1.82) is 5.26 Å². The van der Waals surface area contributed by atoms with Crippen molar-refractivity contribution in [2.75, 3.05) is 39.9 Å². The van der Waals surface area contributed by atoms with E-state index in [1.807, 2.05) is 24.3 Å². The van der Waals surface area contributed by atoms with Crippen molar-refractivity contribution in [3.05, 3.63) is 82.9 Å². The van der Waals surface area contributed by atoms with Crippen LogP contribution >= 0.6 is 0 Å². The first-order chi connectivity index (χ1) is 28.4. The number of nitrogens with two attached hydrogens (primary N) is 3. The lowest BCUT2D eigenvalue weighted by molar-refractivity contribution is -0.142. The van der Waals surface area contributed by atoms with Gasteiger partial charge in [0.15, 0.2) is 17.3 Å². The third-order valence-electron chi connectivity index (χ3n) is 10.7. The van der Waals surface area contributed by atoms with Crippen LogP contribution in [0.5, 0.6) is 11.5 Å². The van der Waals surface area contributed by atoms with E-state index in [1.54, 1.807) is 56.4 Å². The number of nitrogens with zero attached hydrogens (tertiary/aromatic N) is 2. The number of hydrogen-bond donors (Lipinski definition) is 4. The number of carbonyl (C=O) groups is 5. The van der Waals surface area contributed by atoms with E-state index in [9.17, 15) is 29.2 Å². The van der Waals surface area contributed by atoms with Crippen molar-refractivity contribution < 1.29 is 33.4 Å². The number of amides is 2. The van der Waals surface area contributed by atoms with Crippen molar-refractivity contribution >= 4 is 29.2 Å². The number of rotatable bonds is 20. The molecule has 0 saturated heterocycles. The maximum atomic E-state index is 14.6. The van der Waals surface area contributed by atoms with Crippen LogP contribution in [0.3, 0.4) is 0 Å². The first-order valence-electron chi connectivity index (χ1n) is 20.7. The van der Waals surface area contributed by atoms with Crippen LogP contribution in [0.1, 0.15) is 98.3 Å². The molecule has 0 saturated carbocycles. The molecule has 0 radical (unpaired) electrons.